The van der Waals surface area contributed by atoms with E-state index < -0.39 is 11.4 Å². The highest BCUT2D eigenvalue weighted by Gasteiger charge is 2.41. The van der Waals surface area contributed by atoms with Crippen molar-refractivity contribution in [3.63, 3.8) is 0 Å². The average Bonchev–Trinajstić information content (AvgIpc) is 2.88. The lowest BCUT2D eigenvalue weighted by atomic mass is 9.72. The van der Waals surface area contributed by atoms with Crippen molar-refractivity contribution in [2.24, 2.45) is 5.41 Å². The molecule has 1 fully saturated rings. The fourth-order valence-electron chi connectivity index (χ4n) is 3.30. The molecular weight excluding hydrogens is 266 g/mol. The maximum absolute atomic E-state index is 11.7. The van der Waals surface area contributed by atoms with Crippen LogP contribution in [-0.2, 0) is 17.6 Å². The van der Waals surface area contributed by atoms with Crippen LogP contribution < -0.4 is 0 Å². The molecule has 1 aromatic heterocycles. The molecule has 1 aliphatic carbocycles. The maximum Gasteiger partial charge on any atom is 0.310 e. The summed E-state index contributed by atoms with van der Waals surface area (Å²) in [5.74, 6) is -0.152. The minimum absolute atomic E-state index is 0.401. The summed E-state index contributed by atoms with van der Waals surface area (Å²) < 4.78 is 5.77. The second-order valence-electron chi connectivity index (χ2n) is 6.09. The standard InChI is InChI=1S/C17H21NO3/c1-2-12-6-7-14-13(10-12)18-15(21-14)11-17(16(19)20)8-4-3-5-9-17/h6-7,10H,2-5,8-9,11H2,1H3,(H,19,20). The molecule has 1 saturated carbocycles. The van der Waals surface area contributed by atoms with Gasteiger partial charge >= 0.3 is 5.97 Å². The van der Waals surface area contributed by atoms with E-state index in [-0.39, 0.29) is 0 Å². The van der Waals surface area contributed by atoms with Crippen molar-refractivity contribution in [1.82, 2.24) is 4.98 Å². The predicted molar refractivity (Wildman–Crippen MR) is 80.2 cm³/mol. The molecule has 0 atom stereocenters. The average molecular weight is 287 g/mol. The van der Waals surface area contributed by atoms with Gasteiger partial charge in [0.25, 0.3) is 0 Å². The number of rotatable bonds is 4. The first kappa shape index (κ1) is 14.1. The summed E-state index contributed by atoms with van der Waals surface area (Å²) in [6, 6.07) is 5.99. The van der Waals surface area contributed by atoms with Crippen LogP contribution in [0.3, 0.4) is 0 Å². The summed E-state index contributed by atoms with van der Waals surface area (Å²) in [5.41, 5.74) is 2.11. The summed E-state index contributed by atoms with van der Waals surface area (Å²) >= 11 is 0. The van der Waals surface area contributed by atoms with Gasteiger partial charge in [-0.3, -0.25) is 4.79 Å². The Hall–Kier alpha value is -1.84. The van der Waals surface area contributed by atoms with Crippen LogP contribution in [0, 0.1) is 5.41 Å². The molecule has 1 aromatic carbocycles. The van der Waals surface area contributed by atoms with E-state index in [2.05, 4.69) is 11.9 Å². The molecule has 21 heavy (non-hydrogen) atoms. The van der Waals surface area contributed by atoms with Crippen molar-refractivity contribution in [2.75, 3.05) is 0 Å². The van der Waals surface area contributed by atoms with Crippen molar-refractivity contribution in [3.8, 4) is 0 Å². The van der Waals surface area contributed by atoms with Gasteiger partial charge in [0, 0.05) is 6.42 Å². The smallest absolute Gasteiger partial charge is 0.310 e. The minimum atomic E-state index is -0.710. The number of aromatic nitrogens is 1. The predicted octanol–water partition coefficient (Wildman–Crippen LogP) is 3.97. The largest absolute Gasteiger partial charge is 0.481 e. The molecule has 0 saturated heterocycles. The highest BCUT2D eigenvalue weighted by atomic mass is 16.4. The van der Waals surface area contributed by atoms with Crippen LogP contribution in [0.2, 0.25) is 0 Å². The molecule has 4 heteroatoms. The van der Waals surface area contributed by atoms with Crippen LogP contribution in [0.1, 0.15) is 50.5 Å². The second kappa shape index (κ2) is 5.51. The molecular formula is C17H21NO3. The van der Waals surface area contributed by atoms with E-state index in [1.54, 1.807) is 0 Å². The molecule has 1 N–H and O–H groups in total. The van der Waals surface area contributed by atoms with Crippen molar-refractivity contribution < 1.29 is 14.3 Å². The molecule has 0 amide bonds. The number of benzene rings is 1. The van der Waals surface area contributed by atoms with Crippen LogP contribution in [0.5, 0.6) is 0 Å². The van der Waals surface area contributed by atoms with E-state index in [0.717, 1.165) is 49.6 Å². The first-order valence-corrected chi connectivity index (χ1v) is 7.75. The fraction of sp³-hybridized carbons (Fsp3) is 0.529. The normalized spacial score (nSPS) is 18.0. The van der Waals surface area contributed by atoms with Crippen LogP contribution >= 0.6 is 0 Å². The first-order valence-electron chi connectivity index (χ1n) is 7.75. The van der Waals surface area contributed by atoms with E-state index in [1.165, 1.54) is 5.56 Å². The zero-order valence-corrected chi connectivity index (χ0v) is 12.4. The van der Waals surface area contributed by atoms with Crippen LogP contribution in [0.25, 0.3) is 11.1 Å². The van der Waals surface area contributed by atoms with Gasteiger partial charge in [0.2, 0.25) is 0 Å². The van der Waals surface area contributed by atoms with Crippen molar-refractivity contribution >= 4 is 17.1 Å². The Kier molecular flexibility index (Phi) is 3.70. The molecule has 0 unspecified atom stereocenters. The monoisotopic (exact) mass is 287 g/mol. The van der Waals surface area contributed by atoms with Gasteiger partial charge in [-0.2, -0.15) is 0 Å². The molecule has 1 heterocycles. The molecule has 0 radical (unpaired) electrons. The number of nitrogens with zero attached hydrogens (tertiary/aromatic N) is 1. The maximum atomic E-state index is 11.7. The zero-order chi connectivity index (χ0) is 14.9. The van der Waals surface area contributed by atoms with Gasteiger partial charge < -0.3 is 9.52 Å². The molecule has 3 rings (SSSR count). The van der Waals surface area contributed by atoms with Gasteiger partial charge in [0.1, 0.15) is 5.52 Å². The first-order chi connectivity index (χ1) is 10.1. The van der Waals surface area contributed by atoms with Gasteiger partial charge in [0.15, 0.2) is 11.5 Å². The zero-order valence-electron chi connectivity index (χ0n) is 12.4. The van der Waals surface area contributed by atoms with Crippen LogP contribution in [0.15, 0.2) is 22.6 Å². The topological polar surface area (TPSA) is 63.3 Å². The number of hydrogen-bond donors (Lipinski definition) is 1. The van der Waals surface area contributed by atoms with Gasteiger partial charge in [-0.1, -0.05) is 32.3 Å². The lowest BCUT2D eigenvalue weighted by Crippen LogP contribution is -2.35. The van der Waals surface area contributed by atoms with E-state index in [0.29, 0.717) is 12.3 Å². The van der Waals surface area contributed by atoms with Gasteiger partial charge in [-0.05, 0) is 37.0 Å². The van der Waals surface area contributed by atoms with E-state index in [1.807, 2.05) is 18.2 Å². The summed E-state index contributed by atoms with van der Waals surface area (Å²) in [5, 5.41) is 9.64. The Morgan fingerprint density at radius 2 is 2.10 bits per heavy atom. The Bertz CT molecular complexity index is 653. The third kappa shape index (κ3) is 2.67. The number of carboxylic acid groups (broad SMARTS) is 1. The van der Waals surface area contributed by atoms with Crippen molar-refractivity contribution in [2.45, 2.75) is 51.9 Å². The number of aliphatic carboxylic acids is 1. The van der Waals surface area contributed by atoms with Crippen molar-refractivity contribution in [3.05, 3.63) is 29.7 Å². The highest BCUT2D eigenvalue weighted by molar-refractivity contribution is 5.76. The third-order valence-electron chi connectivity index (χ3n) is 4.66. The molecule has 4 nitrogen and oxygen atoms in total. The summed E-state index contributed by atoms with van der Waals surface area (Å²) in [4.78, 5) is 16.2. The molecule has 0 bridgehead atoms. The number of carbonyl (C=O) groups is 1. The number of hydrogen-bond acceptors (Lipinski definition) is 3. The molecule has 2 aromatic rings. The number of fused-ring (bicyclic) bond motifs is 1. The number of aryl methyl sites for hydroxylation is 1. The quantitative estimate of drug-likeness (QED) is 0.924. The Labute approximate surface area is 124 Å². The molecule has 1 aliphatic rings. The van der Waals surface area contributed by atoms with E-state index in [9.17, 15) is 9.90 Å². The van der Waals surface area contributed by atoms with Crippen LogP contribution in [0.4, 0.5) is 0 Å². The summed E-state index contributed by atoms with van der Waals surface area (Å²) in [6.45, 7) is 2.10. The van der Waals surface area contributed by atoms with Gasteiger partial charge in [0.05, 0.1) is 5.41 Å². The summed E-state index contributed by atoms with van der Waals surface area (Å²) in [6.07, 6.45) is 5.89. The Balaban J connectivity index is 1.90. The fourth-order valence-corrected chi connectivity index (χ4v) is 3.30. The van der Waals surface area contributed by atoms with Gasteiger partial charge in [-0.25, -0.2) is 4.98 Å². The molecule has 0 spiro atoms. The third-order valence-corrected chi connectivity index (χ3v) is 4.66. The Morgan fingerprint density at radius 1 is 1.33 bits per heavy atom. The van der Waals surface area contributed by atoms with E-state index >= 15 is 0 Å². The lowest BCUT2D eigenvalue weighted by Gasteiger charge is -2.31. The second-order valence-corrected chi connectivity index (χ2v) is 6.09. The van der Waals surface area contributed by atoms with Gasteiger partial charge in [-0.15, -0.1) is 0 Å². The summed E-state index contributed by atoms with van der Waals surface area (Å²) in [7, 11) is 0. The number of carboxylic acids is 1. The SMILES string of the molecule is CCc1ccc2oc(CC3(C(=O)O)CCCCC3)nc2c1. The molecule has 112 valence electrons. The van der Waals surface area contributed by atoms with E-state index in [4.69, 9.17) is 4.42 Å². The molecule has 0 aliphatic heterocycles. The lowest BCUT2D eigenvalue weighted by molar-refractivity contribution is -0.151. The number of oxazole rings is 1. The Morgan fingerprint density at radius 3 is 2.76 bits per heavy atom. The van der Waals surface area contributed by atoms with Crippen molar-refractivity contribution in [1.29, 1.82) is 0 Å². The van der Waals surface area contributed by atoms with Crippen LogP contribution in [-0.4, -0.2) is 16.1 Å². The highest BCUT2D eigenvalue weighted by Crippen LogP contribution is 2.39. The minimum Gasteiger partial charge on any atom is -0.481 e.